The monoisotopic (exact) mass is 540 g/mol. The number of carbonyl (C=O) groups is 1. The zero-order valence-corrected chi connectivity index (χ0v) is 20.9. The molecule has 0 radical (unpaired) electrons. The SMILES string of the molecule is CC(C)(O)/C(N)=N/S(=O)(=O)c1cccc(C(=O)/C(=C(/O)c2cccc(F)c2)c2nc3ccccc3[nH]2)c1F. The average molecular weight is 541 g/mol. The predicted octanol–water partition coefficient (Wildman–Crippen LogP) is 3.97. The van der Waals surface area contributed by atoms with Crippen LogP contribution in [0.25, 0.3) is 22.4 Å². The van der Waals surface area contributed by atoms with Crippen molar-refractivity contribution in [2.45, 2.75) is 24.3 Å². The van der Waals surface area contributed by atoms with E-state index < -0.39 is 60.7 Å². The van der Waals surface area contributed by atoms with Gasteiger partial charge in [-0.1, -0.05) is 30.3 Å². The average Bonchev–Trinajstić information content (AvgIpc) is 3.26. The van der Waals surface area contributed by atoms with Gasteiger partial charge in [0.1, 0.15) is 39.3 Å². The van der Waals surface area contributed by atoms with Crippen LogP contribution in [0.5, 0.6) is 0 Å². The number of para-hydroxylation sites is 2. The highest BCUT2D eigenvalue weighted by Crippen LogP contribution is 2.31. The van der Waals surface area contributed by atoms with E-state index in [2.05, 4.69) is 14.4 Å². The Labute approximate surface area is 216 Å². The molecule has 0 bridgehead atoms. The van der Waals surface area contributed by atoms with Crippen molar-refractivity contribution in [3.05, 3.63) is 95.3 Å². The number of H-pyrrole nitrogens is 1. The highest BCUT2D eigenvalue weighted by atomic mass is 32.2. The van der Waals surface area contributed by atoms with Crippen LogP contribution in [0, 0.1) is 11.6 Å². The number of hydrogen-bond acceptors (Lipinski definition) is 6. The largest absolute Gasteiger partial charge is 0.506 e. The maximum atomic E-state index is 15.6. The van der Waals surface area contributed by atoms with Gasteiger partial charge in [-0.05, 0) is 50.2 Å². The first-order valence-corrected chi connectivity index (χ1v) is 12.5. The second-order valence-corrected chi connectivity index (χ2v) is 10.4. The van der Waals surface area contributed by atoms with E-state index in [1.165, 1.54) is 26.0 Å². The number of fused-ring (bicyclic) bond motifs is 1. The van der Waals surface area contributed by atoms with E-state index in [-0.39, 0.29) is 11.4 Å². The lowest BCUT2D eigenvalue weighted by molar-refractivity contribution is 0.105. The van der Waals surface area contributed by atoms with Crippen molar-refractivity contribution in [1.29, 1.82) is 0 Å². The predicted molar refractivity (Wildman–Crippen MR) is 138 cm³/mol. The van der Waals surface area contributed by atoms with Crippen molar-refractivity contribution < 1.29 is 32.2 Å². The van der Waals surface area contributed by atoms with Gasteiger partial charge in [-0.2, -0.15) is 8.42 Å². The van der Waals surface area contributed by atoms with Gasteiger partial charge in [-0.15, -0.1) is 4.40 Å². The summed E-state index contributed by atoms with van der Waals surface area (Å²) >= 11 is 0. The Morgan fingerprint density at radius 3 is 2.39 bits per heavy atom. The van der Waals surface area contributed by atoms with Crippen LogP contribution in [-0.4, -0.2) is 45.8 Å². The molecule has 38 heavy (non-hydrogen) atoms. The highest BCUT2D eigenvalue weighted by molar-refractivity contribution is 7.90. The molecule has 0 fully saturated rings. The number of benzene rings is 3. The van der Waals surface area contributed by atoms with Gasteiger partial charge in [0.25, 0.3) is 10.0 Å². The number of hydrogen-bond donors (Lipinski definition) is 4. The van der Waals surface area contributed by atoms with E-state index in [1.807, 2.05) is 0 Å². The Morgan fingerprint density at radius 1 is 1.05 bits per heavy atom. The van der Waals surface area contributed by atoms with Crippen LogP contribution in [0.3, 0.4) is 0 Å². The Morgan fingerprint density at radius 2 is 1.74 bits per heavy atom. The number of imidazole rings is 1. The number of allylic oxidation sites excluding steroid dienone is 1. The zero-order valence-electron chi connectivity index (χ0n) is 20.1. The Bertz CT molecular complexity index is 1700. The second kappa shape index (κ2) is 9.80. The summed E-state index contributed by atoms with van der Waals surface area (Å²) in [6.45, 7) is 2.38. The van der Waals surface area contributed by atoms with Crippen molar-refractivity contribution in [3.8, 4) is 0 Å². The molecule has 1 aromatic heterocycles. The Hall–Kier alpha value is -4.42. The number of halogens is 2. The minimum atomic E-state index is -4.79. The maximum Gasteiger partial charge on any atom is 0.286 e. The van der Waals surface area contributed by atoms with E-state index in [4.69, 9.17) is 5.73 Å². The first-order valence-electron chi connectivity index (χ1n) is 11.1. The topological polar surface area (TPSA) is 159 Å². The van der Waals surface area contributed by atoms with E-state index in [0.717, 1.165) is 30.3 Å². The number of Topliss-reactive ketones (excluding diaryl/α,β-unsaturated/α-hetero) is 1. The van der Waals surface area contributed by atoms with Crippen LogP contribution in [-0.2, 0) is 10.0 Å². The summed E-state index contributed by atoms with van der Waals surface area (Å²) in [6, 6.07) is 14.4. The van der Waals surface area contributed by atoms with E-state index in [0.29, 0.717) is 11.0 Å². The first kappa shape index (κ1) is 26.6. The third-order valence-corrected chi connectivity index (χ3v) is 6.83. The molecule has 1 heterocycles. The van der Waals surface area contributed by atoms with Gasteiger partial charge in [0.15, 0.2) is 5.82 Å². The molecular formula is C26H22F2N4O5S. The first-order chi connectivity index (χ1) is 17.8. The van der Waals surface area contributed by atoms with Crippen LogP contribution in [0.4, 0.5) is 8.78 Å². The molecule has 0 aliphatic carbocycles. The van der Waals surface area contributed by atoms with Crippen molar-refractivity contribution in [2.24, 2.45) is 10.1 Å². The van der Waals surface area contributed by atoms with E-state index in [1.54, 1.807) is 24.3 Å². The number of aromatic amines is 1. The Balaban J connectivity index is 1.93. The molecule has 0 spiro atoms. The Kier molecular flexibility index (Phi) is 6.87. The van der Waals surface area contributed by atoms with E-state index in [9.17, 15) is 27.8 Å². The number of nitrogens with one attached hydrogen (secondary N) is 1. The summed E-state index contributed by atoms with van der Waals surface area (Å²) in [6.07, 6.45) is 0. The van der Waals surface area contributed by atoms with Crippen molar-refractivity contribution >= 4 is 44.0 Å². The molecule has 0 unspecified atom stereocenters. The second-order valence-electron chi connectivity index (χ2n) is 8.79. The fourth-order valence-corrected chi connectivity index (χ4v) is 4.66. The lowest BCUT2D eigenvalue weighted by Crippen LogP contribution is -2.38. The maximum absolute atomic E-state index is 15.6. The zero-order chi connectivity index (χ0) is 27.8. The standard InChI is InChI=1S/C26H22F2N4O5S/c1-26(2,35)25(29)32-38(36,37)19-12-6-9-16(21(19)28)23(34)20(22(33)14-7-5-8-15(27)13-14)24-30-17-10-3-4-11-18(17)31-24/h3-13,33,35H,1-2H3,(H2,29,32)(H,30,31)/b22-20-. The summed E-state index contributed by atoms with van der Waals surface area (Å²) in [5.74, 6) is -4.88. The smallest absolute Gasteiger partial charge is 0.286 e. The van der Waals surface area contributed by atoms with Gasteiger partial charge in [-0.3, -0.25) is 4.79 Å². The molecule has 0 atom stereocenters. The summed E-state index contributed by atoms with van der Waals surface area (Å²) < 4.78 is 58.4. The number of rotatable bonds is 7. The van der Waals surface area contributed by atoms with Crippen LogP contribution in [0.1, 0.15) is 35.6 Å². The molecule has 0 amide bonds. The summed E-state index contributed by atoms with van der Waals surface area (Å²) in [5, 5.41) is 21.0. The number of sulfonamides is 1. The number of amidine groups is 1. The molecule has 4 aromatic rings. The fourth-order valence-electron chi connectivity index (χ4n) is 3.49. The lowest BCUT2D eigenvalue weighted by atomic mass is 9.98. The lowest BCUT2D eigenvalue weighted by Gasteiger charge is -2.16. The minimum Gasteiger partial charge on any atom is -0.506 e. The summed E-state index contributed by atoms with van der Waals surface area (Å²) in [5.41, 5.74) is 3.29. The third-order valence-electron chi connectivity index (χ3n) is 5.52. The molecule has 5 N–H and O–H groups in total. The van der Waals surface area contributed by atoms with Gasteiger partial charge >= 0.3 is 0 Å². The van der Waals surface area contributed by atoms with Crippen LogP contribution >= 0.6 is 0 Å². The molecular weight excluding hydrogens is 518 g/mol. The quantitative estimate of drug-likeness (QED) is 0.0908. The molecule has 4 rings (SSSR count). The number of aromatic nitrogens is 2. The number of nitrogens with two attached hydrogens (primary N) is 1. The number of ketones is 1. The molecule has 196 valence electrons. The van der Waals surface area contributed by atoms with Gasteiger partial charge < -0.3 is 20.9 Å². The van der Waals surface area contributed by atoms with Crippen molar-refractivity contribution in [2.75, 3.05) is 0 Å². The number of aliphatic hydroxyl groups is 2. The number of aliphatic hydroxyl groups excluding tert-OH is 1. The fraction of sp³-hybridized carbons (Fsp3) is 0.115. The van der Waals surface area contributed by atoms with E-state index >= 15 is 4.39 Å². The van der Waals surface area contributed by atoms with Gasteiger partial charge in [-0.25, -0.2) is 13.8 Å². The number of nitrogens with zero attached hydrogens (tertiary/aromatic N) is 2. The molecule has 0 aliphatic rings. The molecule has 9 nitrogen and oxygen atoms in total. The van der Waals surface area contributed by atoms with Gasteiger partial charge in [0, 0.05) is 5.56 Å². The van der Waals surface area contributed by atoms with Crippen molar-refractivity contribution in [3.63, 3.8) is 0 Å². The number of carbonyl (C=O) groups excluding carboxylic acids is 1. The molecule has 0 saturated carbocycles. The van der Waals surface area contributed by atoms with Crippen LogP contribution < -0.4 is 5.73 Å². The normalized spacial score (nSPS) is 13.4. The molecule has 12 heteroatoms. The van der Waals surface area contributed by atoms with Gasteiger partial charge in [0.2, 0.25) is 5.78 Å². The van der Waals surface area contributed by atoms with Crippen molar-refractivity contribution in [1.82, 2.24) is 9.97 Å². The molecule has 0 saturated heterocycles. The summed E-state index contributed by atoms with van der Waals surface area (Å²) in [7, 11) is -4.79. The third kappa shape index (κ3) is 5.17. The minimum absolute atomic E-state index is 0.0967. The van der Waals surface area contributed by atoms with Crippen LogP contribution in [0.2, 0.25) is 0 Å². The highest BCUT2D eigenvalue weighted by Gasteiger charge is 2.30. The van der Waals surface area contributed by atoms with Gasteiger partial charge in [0.05, 0.1) is 16.6 Å². The molecule has 0 aliphatic heterocycles. The summed E-state index contributed by atoms with van der Waals surface area (Å²) in [4.78, 5) is 19.9. The molecule has 3 aromatic carbocycles. The van der Waals surface area contributed by atoms with Crippen LogP contribution in [0.15, 0.2) is 76.0 Å².